The van der Waals surface area contributed by atoms with E-state index in [2.05, 4.69) is 9.72 Å². The fourth-order valence-electron chi connectivity index (χ4n) is 1.85. The van der Waals surface area contributed by atoms with Crippen molar-refractivity contribution in [3.63, 3.8) is 0 Å². The van der Waals surface area contributed by atoms with Gasteiger partial charge in [0.05, 0.1) is 12.8 Å². The largest absolute Gasteiger partial charge is 0.453 e. The highest BCUT2D eigenvalue weighted by Crippen LogP contribution is 2.30. The molecule has 2 rings (SSSR count). The molecule has 1 N–H and O–H groups in total. The van der Waals surface area contributed by atoms with Crippen LogP contribution in [-0.2, 0) is 14.3 Å². The third kappa shape index (κ3) is 4.77. The van der Waals surface area contributed by atoms with Gasteiger partial charge in [0.25, 0.3) is 5.91 Å². The molecule has 1 aromatic heterocycles. The number of thiazole rings is 1. The van der Waals surface area contributed by atoms with Gasteiger partial charge in [-0.25, -0.2) is 14.6 Å². The van der Waals surface area contributed by atoms with Gasteiger partial charge in [-0.05, 0) is 26.0 Å². The summed E-state index contributed by atoms with van der Waals surface area (Å²) in [4.78, 5) is 39.6. The molecule has 2 aromatic rings. The number of imide groups is 1. The van der Waals surface area contributed by atoms with E-state index in [-0.39, 0.29) is 4.88 Å². The molecule has 1 aromatic carbocycles. The number of carbonyl (C=O) groups excluding carboxylic acids is 3. The summed E-state index contributed by atoms with van der Waals surface area (Å²) in [7, 11) is 1.12. The van der Waals surface area contributed by atoms with Crippen molar-refractivity contribution in [1.29, 1.82) is 0 Å². The maximum absolute atomic E-state index is 12.3. The molecule has 0 aliphatic rings. The van der Waals surface area contributed by atoms with Gasteiger partial charge in [0, 0.05) is 10.6 Å². The molecule has 2 amide bonds. The number of rotatable bonds is 4. The van der Waals surface area contributed by atoms with Crippen LogP contribution in [0, 0.1) is 6.92 Å². The van der Waals surface area contributed by atoms with Gasteiger partial charge in [-0.2, -0.15) is 0 Å². The topological polar surface area (TPSA) is 94.6 Å². The predicted octanol–water partition coefficient (Wildman–Crippen LogP) is 3.20. The molecule has 0 unspecified atom stereocenters. The summed E-state index contributed by atoms with van der Waals surface area (Å²) in [5, 5.41) is 3.10. The summed E-state index contributed by atoms with van der Waals surface area (Å²) in [6.07, 6.45) is -2.09. The van der Waals surface area contributed by atoms with Gasteiger partial charge in [-0.3, -0.25) is 10.1 Å². The maximum atomic E-state index is 12.3. The number of methoxy groups -OCH3 is 1. The van der Waals surface area contributed by atoms with E-state index >= 15 is 0 Å². The Labute approximate surface area is 152 Å². The van der Waals surface area contributed by atoms with Crippen molar-refractivity contribution >= 4 is 40.9 Å². The second-order valence-electron chi connectivity index (χ2n) is 4.97. The van der Waals surface area contributed by atoms with Crippen molar-refractivity contribution in [3.8, 4) is 10.6 Å². The monoisotopic (exact) mass is 382 g/mol. The Balaban J connectivity index is 2.12. The fourth-order valence-corrected chi connectivity index (χ4v) is 2.99. The number of alkyl carbamates (subject to hydrolysis) is 1. The first-order chi connectivity index (χ1) is 11.8. The lowest BCUT2D eigenvalue weighted by Gasteiger charge is -2.11. The van der Waals surface area contributed by atoms with Crippen molar-refractivity contribution in [1.82, 2.24) is 10.3 Å². The van der Waals surface area contributed by atoms with E-state index < -0.39 is 24.1 Å². The predicted molar refractivity (Wildman–Crippen MR) is 92.7 cm³/mol. The first-order valence-electron chi connectivity index (χ1n) is 7.15. The molecule has 0 aliphatic carbocycles. The van der Waals surface area contributed by atoms with Gasteiger partial charge in [0.15, 0.2) is 6.10 Å². The van der Waals surface area contributed by atoms with Crippen LogP contribution in [0.25, 0.3) is 10.6 Å². The Bertz CT molecular complexity index is 821. The molecule has 0 spiro atoms. The third-order valence-electron chi connectivity index (χ3n) is 3.12. The van der Waals surface area contributed by atoms with Gasteiger partial charge in [0.1, 0.15) is 9.88 Å². The molecule has 0 saturated heterocycles. The highest BCUT2D eigenvalue weighted by molar-refractivity contribution is 7.17. The van der Waals surface area contributed by atoms with Gasteiger partial charge < -0.3 is 9.47 Å². The minimum atomic E-state index is -1.16. The van der Waals surface area contributed by atoms with Gasteiger partial charge in [-0.1, -0.05) is 23.7 Å². The van der Waals surface area contributed by atoms with Crippen molar-refractivity contribution in [2.24, 2.45) is 0 Å². The minimum Gasteiger partial charge on any atom is -0.453 e. The summed E-state index contributed by atoms with van der Waals surface area (Å²) in [5.74, 6) is -1.48. The summed E-state index contributed by atoms with van der Waals surface area (Å²) < 4.78 is 9.39. The van der Waals surface area contributed by atoms with Crippen molar-refractivity contribution in [3.05, 3.63) is 39.9 Å². The molecular weight excluding hydrogens is 368 g/mol. The van der Waals surface area contributed by atoms with Crippen LogP contribution >= 0.6 is 22.9 Å². The molecule has 0 bridgehead atoms. The standard InChI is InChI=1S/C16H15ClN2O5S/c1-8-12(15(21)24-9(2)13(20)19-16(22)23-3)25-14(18-8)10-5-4-6-11(17)7-10/h4-7,9H,1-3H3,(H,19,20,22)/t9-/m0/s1. The number of aryl methyl sites for hydroxylation is 1. The lowest BCUT2D eigenvalue weighted by atomic mass is 10.2. The number of benzene rings is 1. The Morgan fingerprint density at radius 3 is 2.68 bits per heavy atom. The van der Waals surface area contributed by atoms with Crippen LogP contribution < -0.4 is 5.32 Å². The van der Waals surface area contributed by atoms with Crippen molar-refractivity contribution < 1.29 is 23.9 Å². The van der Waals surface area contributed by atoms with Crippen LogP contribution in [0.4, 0.5) is 4.79 Å². The number of nitrogens with zero attached hydrogens (tertiary/aromatic N) is 1. The van der Waals surface area contributed by atoms with E-state index in [0.717, 1.165) is 24.0 Å². The Morgan fingerprint density at radius 1 is 1.32 bits per heavy atom. The molecule has 25 heavy (non-hydrogen) atoms. The van der Waals surface area contributed by atoms with E-state index in [4.69, 9.17) is 16.3 Å². The molecule has 0 radical (unpaired) electrons. The van der Waals surface area contributed by atoms with Gasteiger partial charge in [-0.15, -0.1) is 11.3 Å². The smallest absolute Gasteiger partial charge is 0.413 e. The summed E-state index contributed by atoms with van der Waals surface area (Å²) >= 11 is 7.10. The zero-order chi connectivity index (χ0) is 18.6. The maximum Gasteiger partial charge on any atom is 0.413 e. The normalized spacial score (nSPS) is 11.5. The quantitative estimate of drug-likeness (QED) is 0.816. The van der Waals surface area contributed by atoms with Crippen molar-refractivity contribution in [2.45, 2.75) is 20.0 Å². The number of hydrogen-bond donors (Lipinski definition) is 1. The lowest BCUT2D eigenvalue weighted by molar-refractivity contribution is -0.128. The van der Waals surface area contributed by atoms with E-state index in [1.54, 1.807) is 25.1 Å². The van der Waals surface area contributed by atoms with E-state index in [1.807, 2.05) is 11.4 Å². The number of halogens is 1. The number of ether oxygens (including phenoxy) is 2. The fraction of sp³-hybridized carbons (Fsp3) is 0.250. The molecule has 1 atom stereocenters. The molecule has 0 aliphatic heterocycles. The number of nitrogens with one attached hydrogen (secondary N) is 1. The van der Waals surface area contributed by atoms with E-state index in [9.17, 15) is 14.4 Å². The van der Waals surface area contributed by atoms with Crippen LogP contribution in [-0.4, -0.2) is 36.2 Å². The second-order valence-corrected chi connectivity index (χ2v) is 6.41. The second kappa shape index (κ2) is 8.09. The molecule has 0 saturated carbocycles. The Morgan fingerprint density at radius 2 is 2.04 bits per heavy atom. The number of carbonyl (C=O) groups is 3. The lowest BCUT2D eigenvalue weighted by Crippen LogP contribution is -2.39. The number of esters is 1. The van der Waals surface area contributed by atoms with Crippen LogP contribution in [0.2, 0.25) is 5.02 Å². The zero-order valence-corrected chi connectivity index (χ0v) is 15.2. The summed E-state index contributed by atoms with van der Waals surface area (Å²) in [6, 6.07) is 7.08. The Hall–Kier alpha value is -2.45. The molecule has 0 fully saturated rings. The average Bonchev–Trinajstić information content (AvgIpc) is 2.96. The van der Waals surface area contributed by atoms with Crippen molar-refractivity contribution in [2.75, 3.05) is 7.11 Å². The molecule has 132 valence electrons. The number of aromatic nitrogens is 1. The first-order valence-corrected chi connectivity index (χ1v) is 8.34. The zero-order valence-electron chi connectivity index (χ0n) is 13.7. The van der Waals surface area contributed by atoms with Gasteiger partial charge in [0.2, 0.25) is 0 Å². The summed E-state index contributed by atoms with van der Waals surface area (Å²) in [5.41, 5.74) is 1.25. The van der Waals surface area contributed by atoms with Gasteiger partial charge >= 0.3 is 12.1 Å². The average molecular weight is 383 g/mol. The first kappa shape index (κ1) is 18.9. The Kier molecular flexibility index (Phi) is 6.11. The van der Waals surface area contributed by atoms with Crippen LogP contribution in [0.5, 0.6) is 0 Å². The number of amides is 2. The minimum absolute atomic E-state index is 0.271. The highest BCUT2D eigenvalue weighted by Gasteiger charge is 2.24. The molecule has 7 nitrogen and oxygen atoms in total. The molecular formula is C16H15ClN2O5S. The number of hydrogen-bond acceptors (Lipinski definition) is 7. The molecule has 9 heteroatoms. The van der Waals surface area contributed by atoms with E-state index in [1.165, 1.54) is 6.92 Å². The van der Waals surface area contributed by atoms with Crippen LogP contribution in [0.15, 0.2) is 24.3 Å². The van der Waals surface area contributed by atoms with E-state index in [0.29, 0.717) is 15.7 Å². The van der Waals surface area contributed by atoms with Crippen LogP contribution in [0.3, 0.4) is 0 Å². The highest BCUT2D eigenvalue weighted by atomic mass is 35.5. The molecule has 1 heterocycles. The summed E-state index contributed by atoms with van der Waals surface area (Å²) in [6.45, 7) is 3.02. The van der Waals surface area contributed by atoms with Crippen LogP contribution in [0.1, 0.15) is 22.3 Å². The SMILES string of the molecule is COC(=O)NC(=O)[C@H](C)OC(=O)c1sc(-c2cccc(Cl)c2)nc1C. The third-order valence-corrected chi connectivity index (χ3v) is 4.54.